The third-order valence-electron chi connectivity index (χ3n) is 3.90. The summed E-state index contributed by atoms with van der Waals surface area (Å²) in [5.41, 5.74) is 0.575. The van der Waals surface area contributed by atoms with E-state index in [1.807, 2.05) is 18.2 Å². The smallest absolute Gasteiger partial charge is 0.220 e. The van der Waals surface area contributed by atoms with Crippen LogP contribution in [0, 0.1) is 12.3 Å². The number of ether oxygens (including phenoxy) is 2. The van der Waals surface area contributed by atoms with E-state index in [4.69, 9.17) is 15.9 Å². The van der Waals surface area contributed by atoms with E-state index in [0.29, 0.717) is 39.0 Å². The molecule has 23 heavy (non-hydrogen) atoms. The van der Waals surface area contributed by atoms with E-state index in [1.54, 1.807) is 0 Å². The zero-order valence-electron chi connectivity index (χ0n) is 12.9. The van der Waals surface area contributed by atoms with Crippen LogP contribution in [-0.4, -0.2) is 24.8 Å². The lowest BCUT2D eigenvalue weighted by molar-refractivity contribution is -0.121. The average Bonchev–Trinajstić information content (AvgIpc) is 3.36. The van der Waals surface area contributed by atoms with Crippen molar-refractivity contribution in [2.45, 2.75) is 37.9 Å². The number of hydrogen-bond acceptors (Lipinski definition) is 5. The molecule has 2 heterocycles. The fraction of sp³-hybridized carbons (Fsp3) is 0.471. The predicted octanol–water partition coefficient (Wildman–Crippen LogP) is 2.43. The zero-order valence-corrected chi connectivity index (χ0v) is 12.9. The molecule has 1 amide bonds. The van der Waals surface area contributed by atoms with Gasteiger partial charge in [0.25, 0.3) is 0 Å². The van der Waals surface area contributed by atoms with E-state index in [0.717, 1.165) is 23.5 Å². The fourth-order valence-electron chi connectivity index (χ4n) is 2.47. The first-order valence-corrected chi connectivity index (χ1v) is 7.73. The summed E-state index contributed by atoms with van der Waals surface area (Å²) in [6.45, 7) is 1.58. The van der Waals surface area contributed by atoms with Crippen LogP contribution < -0.4 is 14.8 Å². The van der Waals surface area contributed by atoms with Crippen molar-refractivity contribution >= 4 is 5.91 Å². The van der Waals surface area contributed by atoms with Gasteiger partial charge in [-0.25, -0.2) is 0 Å². The average molecular weight is 313 g/mol. The van der Waals surface area contributed by atoms with Gasteiger partial charge in [0, 0.05) is 32.2 Å². The normalized spacial score (nSPS) is 16.5. The molecule has 0 atom stereocenters. The lowest BCUT2D eigenvalue weighted by Crippen LogP contribution is -2.25. The highest BCUT2D eigenvalue weighted by molar-refractivity contribution is 5.76. The molecule has 2 aliphatic heterocycles. The predicted molar refractivity (Wildman–Crippen MR) is 84.2 cm³/mol. The fourth-order valence-corrected chi connectivity index (χ4v) is 2.47. The summed E-state index contributed by atoms with van der Waals surface area (Å²) in [6, 6.07) is 5.69. The van der Waals surface area contributed by atoms with Crippen LogP contribution in [0.2, 0.25) is 0 Å². The first kappa shape index (κ1) is 15.3. The molecule has 6 heteroatoms. The molecule has 0 fully saturated rings. The topological polar surface area (TPSA) is 72.3 Å². The van der Waals surface area contributed by atoms with Gasteiger partial charge < -0.3 is 14.8 Å². The quantitative estimate of drug-likeness (QED) is 0.786. The lowest BCUT2D eigenvalue weighted by Gasteiger charge is -2.19. The van der Waals surface area contributed by atoms with Crippen LogP contribution in [0.1, 0.15) is 31.2 Å². The molecular weight excluding hydrogens is 294 g/mol. The van der Waals surface area contributed by atoms with E-state index in [-0.39, 0.29) is 5.91 Å². The van der Waals surface area contributed by atoms with Gasteiger partial charge in [-0.2, -0.15) is 10.2 Å². The van der Waals surface area contributed by atoms with Crippen LogP contribution in [0.15, 0.2) is 28.4 Å². The molecule has 120 valence electrons. The van der Waals surface area contributed by atoms with Crippen molar-refractivity contribution in [1.82, 2.24) is 5.32 Å². The Morgan fingerprint density at radius 2 is 2.04 bits per heavy atom. The largest absolute Gasteiger partial charge is 0.486 e. The summed E-state index contributed by atoms with van der Waals surface area (Å²) in [5.74, 6) is 4.04. The van der Waals surface area contributed by atoms with Crippen LogP contribution in [-0.2, 0) is 11.3 Å². The molecule has 0 bridgehead atoms. The van der Waals surface area contributed by atoms with E-state index < -0.39 is 5.66 Å². The Kier molecular flexibility index (Phi) is 4.47. The Morgan fingerprint density at radius 1 is 1.26 bits per heavy atom. The molecule has 0 saturated heterocycles. The number of terminal acetylenes is 1. The van der Waals surface area contributed by atoms with E-state index >= 15 is 0 Å². The second kappa shape index (κ2) is 6.69. The Balaban J connectivity index is 1.43. The van der Waals surface area contributed by atoms with Crippen LogP contribution in [0.3, 0.4) is 0 Å². The van der Waals surface area contributed by atoms with Gasteiger partial charge in [-0.3, -0.25) is 4.79 Å². The minimum Gasteiger partial charge on any atom is -0.486 e. The molecule has 0 spiro atoms. The van der Waals surface area contributed by atoms with Gasteiger partial charge in [-0.1, -0.05) is 6.07 Å². The van der Waals surface area contributed by atoms with Gasteiger partial charge in [0.05, 0.1) is 0 Å². The third-order valence-corrected chi connectivity index (χ3v) is 3.90. The number of hydrogen-bond donors (Lipinski definition) is 1. The molecule has 0 aromatic heterocycles. The number of benzene rings is 1. The van der Waals surface area contributed by atoms with Crippen LogP contribution >= 0.6 is 0 Å². The third kappa shape index (κ3) is 4.01. The standard InChI is InChI=1S/C17H19N3O3/c1-2-3-7-17(19-20-17)8-6-16(21)18-12-13-4-5-14-15(11-13)23-10-9-22-14/h1,4-5,11H,3,6-10,12H2,(H,18,21). The van der Waals surface area contributed by atoms with Crippen molar-refractivity contribution < 1.29 is 14.3 Å². The van der Waals surface area contributed by atoms with Gasteiger partial charge >= 0.3 is 0 Å². The van der Waals surface area contributed by atoms with E-state index in [2.05, 4.69) is 21.5 Å². The van der Waals surface area contributed by atoms with Gasteiger partial charge in [0.15, 0.2) is 17.2 Å². The number of carbonyl (C=O) groups excluding carboxylic acids is 1. The summed E-state index contributed by atoms with van der Waals surface area (Å²) in [7, 11) is 0. The maximum Gasteiger partial charge on any atom is 0.220 e. The van der Waals surface area contributed by atoms with Gasteiger partial charge in [-0.15, -0.1) is 12.3 Å². The molecule has 1 aromatic rings. The first-order valence-electron chi connectivity index (χ1n) is 7.73. The molecule has 6 nitrogen and oxygen atoms in total. The number of nitrogens with one attached hydrogen (secondary N) is 1. The van der Waals surface area contributed by atoms with Crippen molar-refractivity contribution in [2.24, 2.45) is 10.2 Å². The minimum absolute atomic E-state index is 0.0164. The second-order valence-electron chi connectivity index (χ2n) is 5.64. The Morgan fingerprint density at radius 3 is 2.78 bits per heavy atom. The van der Waals surface area contributed by atoms with Crippen LogP contribution in [0.5, 0.6) is 11.5 Å². The van der Waals surface area contributed by atoms with Crippen molar-refractivity contribution in [3.8, 4) is 23.8 Å². The Hall–Kier alpha value is -2.55. The van der Waals surface area contributed by atoms with Gasteiger partial charge in [-0.05, 0) is 17.7 Å². The molecule has 0 saturated carbocycles. The van der Waals surface area contributed by atoms with Crippen molar-refractivity contribution in [3.63, 3.8) is 0 Å². The lowest BCUT2D eigenvalue weighted by atomic mass is 10.0. The molecule has 1 aromatic carbocycles. The summed E-state index contributed by atoms with van der Waals surface area (Å²) < 4.78 is 11.0. The number of rotatable bonds is 7. The molecule has 2 aliphatic rings. The second-order valence-corrected chi connectivity index (χ2v) is 5.64. The van der Waals surface area contributed by atoms with E-state index in [9.17, 15) is 4.79 Å². The monoisotopic (exact) mass is 313 g/mol. The maximum absolute atomic E-state index is 12.0. The molecule has 3 rings (SSSR count). The van der Waals surface area contributed by atoms with Crippen molar-refractivity contribution in [1.29, 1.82) is 0 Å². The minimum atomic E-state index is -0.402. The number of fused-ring (bicyclic) bond motifs is 1. The first-order chi connectivity index (χ1) is 11.2. The molecule has 1 N–H and O–H groups in total. The van der Waals surface area contributed by atoms with Crippen LogP contribution in [0.4, 0.5) is 0 Å². The van der Waals surface area contributed by atoms with E-state index in [1.165, 1.54) is 0 Å². The summed E-state index contributed by atoms with van der Waals surface area (Å²) in [4.78, 5) is 12.0. The maximum atomic E-state index is 12.0. The summed E-state index contributed by atoms with van der Waals surface area (Å²) in [5, 5.41) is 11.0. The number of nitrogens with zero attached hydrogens (tertiary/aromatic N) is 2. The van der Waals surface area contributed by atoms with Gasteiger partial charge in [0.1, 0.15) is 13.2 Å². The van der Waals surface area contributed by atoms with Crippen molar-refractivity contribution in [3.05, 3.63) is 23.8 Å². The molecule has 0 unspecified atom stereocenters. The molecule has 0 radical (unpaired) electrons. The summed E-state index contributed by atoms with van der Waals surface area (Å²) in [6.07, 6.45) is 7.60. The highest BCUT2D eigenvalue weighted by atomic mass is 16.6. The SMILES string of the molecule is C#CCCC1(CCC(=O)NCc2ccc3c(c2)OCCO3)N=N1. The van der Waals surface area contributed by atoms with Crippen molar-refractivity contribution in [2.75, 3.05) is 13.2 Å². The number of carbonyl (C=O) groups is 1. The zero-order chi connectivity index (χ0) is 16.1. The Bertz CT molecular complexity index is 658. The highest BCUT2D eigenvalue weighted by Gasteiger charge is 2.39. The number of amides is 1. The Labute approximate surface area is 135 Å². The molecule has 0 aliphatic carbocycles. The molecular formula is C17H19N3O3. The highest BCUT2D eigenvalue weighted by Crippen LogP contribution is 2.37. The van der Waals surface area contributed by atoms with Crippen LogP contribution in [0.25, 0.3) is 0 Å². The summed E-state index contributed by atoms with van der Waals surface area (Å²) >= 11 is 0. The van der Waals surface area contributed by atoms with Gasteiger partial charge in [0.2, 0.25) is 5.91 Å².